The van der Waals surface area contributed by atoms with Crippen LogP contribution in [0.2, 0.25) is 15.1 Å². The third-order valence-corrected chi connectivity index (χ3v) is 9.66. The van der Waals surface area contributed by atoms with Crippen molar-refractivity contribution in [1.82, 2.24) is 4.98 Å². The maximum absolute atomic E-state index is 13.9. The number of rotatable bonds is 5. The van der Waals surface area contributed by atoms with E-state index in [-0.39, 0.29) is 23.3 Å². The minimum atomic E-state index is -0.765. The molecule has 0 unspecified atom stereocenters. The topological polar surface area (TPSA) is 79.5 Å². The first-order valence-corrected chi connectivity index (χ1v) is 14.3. The number of H-pyrrole nitrogens is 1. The Labute approximate surface area is 240 Å². The molecule has 4 aromatic rings. The Morgan fingerprint density at radius 3 is 2.21 bits per heavy atom. The van der Waals surface area contributed by atoms with Gasteiger partial charge in [-0.3, -0.25) is 14.4 Å². The summed E-state index contributed by atoms with van der Waals surface area (Å²) in [6, 6.07) is 19.1. The molecule has 38 heavy (non-hydrogen) atoms. The monoisotopic (exact) mass is 602 g/mol. The van der Waals surface area contributed by atoms with E-state index < -0.39 is 17.1 Å². The van der Waals surface area contributed by atoms with Gasteiger partial charge in [-0.25, -0.2) is 4.90 Å². The van der Waals surface area contributed by atoms with Gasteiger partial charge >= 0.3 is 4.87 Å². The number of aromatic nitrogens is 1. The van der Waals surface area contributed by atoms with Crippen LogP contribution in [-0.4, -0.2) is 22.0 Å². The molecule has 0 bridgehead atoms. The first kappa shape index (κ1) is 25.5. The van der Waals surface area contributed by atoms with Crippen LogP contribution in [0.25, 0.3) is 0 Å². The van der Waals surface area contributed by atoms with Crippen molar-refractivity contribution in [2.75, 3.05) is 4.90 Å². The number of imide groups is 1. The highest BCUT2D eigenvalue weighted by Gasteiger charge is 2.56. The van der Waals surface area contributed by atoms with E-state index in [1.165, 1.54) is 16.7 Å². The molecule has 11 heteroatoms. The predicted molar refractivity (Wildman–Crippen MR) is 151 cm³/mol. The summed E-state index contributed by atoms with van der Waals surface area (Å²) in [4.78, 5) is 44.4. The average molecular weight is 604 g/mol. The Balaban J connectivity index is 1.44. The highest BCUT2D eigenvalue weighted by Crippen LogP contribution is 2.54. The molecule has 2 amide bonds. The third-order valence-electron chi connectivity index (χ3n) is 6.52. The van der Waals surface area contributed by atoms with Crippen molar-refractivity contribution >= 4 is 75.4 Å². The van der Waals surface area contributed by atoms with E-state index in [0.717, 1.165) is 16.9 Å². The Morgan fingerprint density at radius 2 is 1.50 bits per heavy atom. The molecule has 1 N–H and O–H groups in total. The molecule has 0 aliphatic carbocycles. The number of fused-ring (bicyclic) bond motifs is 2. The van der Waals surface area contributed by atoms with Gasteiger partial charge < -0.3 is 9.72 Å². The first-order valence-electron chi connectivity index (χ1n) is 11.5. The summed E-state index contributed by atoms with van der Waals surface area (Å²) in [5, 5.41) is 1.41. The smallest absolute Gasteiger partial charge is 0.305 e. The molecule has 2 aliphatic heterocycles. The Kier molecular flexibility index (Phi) is 6.78. The lowest BCUT2D eigenvalue weighted by Crippen LogP contribution is -2.32. The second-order valence-electron chi connectivity index (χ2n) is 8.84. The number of amides is 2. The van der Waals surface area contributed by atoms with Crippen LogP contribution in [0.15, 0.2) is 76.6 Å². The summed E-state index contributed by atoms with van der Waals surface area (Å²) in [5.74, 6) is -1.57. The number of aromatic amines is 1. The summed E-state index contributed by atoms with van der Waals surface area (Å²) in [6.45, 7) is 0.251. The lowest BCUT2D eigenvalue weighted by molar-refractivity contribution is -0.122. The fourth-order valence-corrected chi connectivity index (χ4v) is 7.77. The molecule has 2 aliphatic rings. The molecule has 3 aromatic carbocycles. The normalized spacial score (nSPS) is 20.4. The lowest BCUT2D eigenvalue weighted by Gasteiger charge is -2.31. The van der Waals surface area contributed by atoms with E-state index >= 15 is 0 Å². The number of ether oxygens (including phenoxy) is 1. The summed E-state index contributed by atoms with van der Waals surface area (Å²) in [6.07, 6.45) is 0. The fraction of sp³-hybridized carbons (Fsp3) is 0.148. The molecular formula is C27H17Cl3N2O4S2. The fourth-order valence-electron chi connectivity index (χ4n) is 4.83. The zero-order valence-electron chi connectivity index (χ0n) is 19.3. The van der Waals surface area contributed by atoms with E-state index in [9.17, 15) is 14.4 Å². The van der Waals surface area contributed by atoms with E-state index in [0.29, 0.717) is 42.0 Å². The third kappa shape index (κ3) is 4.54. The van der Waals surface area contributed by atoms with Gasteiger partial charge in [0.2, 0.25) is 11.8 Å². The quantitative estimate of drug-likeness (QED) is 0.255. The molecule has 6 nitrogen and oxygen atoms in total. The van der Waals surface area contributed by atoms with Gasteiger partial charge in [0.25, 0.3) is 0 Å². The first-order chi connectivity index (χ1) is 18.3. The van der Waals surface area contributed by atoms with Crippen LogP contribution in [0.4, 0.5) is 5.69 Å². The van der Waals surface area contributed by atoms with Gasteiger partial charge in [-0.2, -0.15) is 0 Å². The van der Waals surface area contributed by atoms with Gasteiger partial charge in [0.05, 0.1) is 16.6 Å². The lowest BCUT2D eigenvalue weighted by atomic mass is 9.82. The predicted octanol–water partition coefficient (Wildman–Crippen LogP) is 6.77. The van der Waals surface area contributed by atoms with Crippen LogP contribution < -0.4 is 14.5 Å². The number of hydrogen-bond acceptors (Lipinski definition) is 6. The molecular weight excluding hydrogens is 587 g/mol. The number of carbonyl (C=O) groups is 2. The molecule has 1 aromatic heterocycles. The van der Waals surface area contributed by atoms with Crippen LogP contribution in [0.3, 0.4) is 0 Å². The van der Waals surface area contributed by atoms with Crippen LogP contribution >= 0.6 is 57.9 Å². The molecule has 192 valence electrons. The van der Waals surface area contributed by atoms with Crippen LogP contribution in [-0.2, 0) is 16.2 Å². The van der Waals surface area contributed by atoms with Gasteiger partial charge in [0, 0.05) is 31.4 Å². The van der Waals surface area contributed by atoms with E-state index in [1.807, 2.05) is 12.1 Å². The van der Waals surface area contributed by atoms with E-state index in [2.05, 4.69) is 4.98 Å². The van der Waals surface area contributed by atoms with Gasteiger partial charge in [-0.05, 0) is 60.2 Å². The highest BCUT2D eigenvalue weighted by atomic mass is 35.5. The van der Waals surface area contributed by atoms with Gasteiger partial charge in [0.1, 0.15) is 17.6 Å². The van der Waals surface area contributed by atoms with Crippen molar-refractivity contribution in [3.05, 3.63) is 107 Å². The summed E-state index contributed by atoms with van der Waals surface area (Å²) >= 11 is 20.7. The number of halogens is 3. The number of anilines is 1. The molecule has 0 radical (unpaired) electrons. The van der Waals surface area contributed by atoms with Crippen molar-refractivity contribution in [3.8, 4) is 5.75 Å². The largest absolute Gasteiger partial charge is 0.489 e. The number of hydrogen-bond donors (Lipinski definition) is 1. The van der Waals surface area contributed by atoms with Crippen molar-refractivity contribution in [2.24, 2.45) is 5.92 Å². The van der Waals surface area contributed by atoms with Crippen molar-refractivity contribution < 1.29 is 14.3 Å². The molecule has 0 saturated carbocycles. The second kappa shape index (κ2) is 10.1. The number of nitrogens with one attached hydrogen (secondary N) is 1. The number of thioether (sulfide) groups is 1. The van der Waals surface area contributed by atoms with E-state index in [1.54, 1.807) is 54.6 Å². The Morgan fingerprint density at radius 1 is 0.842 bits per heavy atom. The van der Waals surface area contributed by atoms with Crippen molar-refractivity contribution in [3.63, 3.8) is 0 Å². The zero-order chi connectivity index (χ0) is 26.6. The number of thiazole rings is 1. The molecule has 6 rings (SSSR count). The molecule has 3 heterocycles. The van der Waals surface area contributed by atoms with Gasteiger partial charge in [-0.1, -0.05) is 70.0 Å². The number of carbonyl (C=O) groups excluding carboxylic acids is 2. The number of benzene rings is 3. The Bertz CT molecular complexity index is 1620. The van der Waals surface area contributed by atoms with Crippen LogP contribution in [0, 0.1) is 5.92 Å². The zero-order valence-corrected chi connectivity index (χ0v) is 23.2. The maximum atomic E-state index is 13.9. The van der Waals surface area contributed by atoms with Gasteiger partial charge in [-0.15, -0.1) is 0 Å². The highest BCUT2D eigenvalue weighted by molar-refractivity contribution is 8.00. The summed E-state index contributed by atoms with van der Waals surface area (Å²) in [7, 11) is 0. The maximum Gasteiger partial charge on any atom is 0.305 e. The minimum Gasteiger partial charge on any atom is -0.489 e. The van der Waals surface area contributed by atoms with E-state index in [4.69, 9.17) is 39.5 Å². The van der Waals surface area contributed by atoms with Gasteiger partial charge in [0.15, 0.2) is 0 Å². The van der Waals surface area contributed by atoms with Crippen LogP contribution in [0.1, 0.15) is 21.9 Å². The molecule has 0 spiro atoms. The molecule has 3 atom stereocenters. The SMILES string of the molecule is O=C1[C@H]2[C@H](c3cc(Cl)ccc3OCc3ccc(Cl)cc3)c3sc(=O)[nH]c3S[C@H]2C(=O)N1c1ccc(Cl)cc1. The average Bonchev–Trinajstić information content (AvgIpc) is 3.39. The molecule has 1 saturated heterocycles. The second-order valence-corrected chi connectivity index (χ2v) is 12.3. The van der Waals surface area contributed by atoms with Crippen molar-refractivity contribution in [1.29, 1.82) is 0 Å². The minimum absolute atomic E-state index is 0.251. The summed E-state index contributed by atoms with van der Waals surface area (Å²) in [5.41, 5.74) is 1.98. The molecule has 1 fully saturated rings. The van der Waals surface area contributed by atoms with Crippen LogP contribution in [0.5, 0.6) is 5.75 Å². The van der Waals surface area contributed by atoms with Crippen molar-refractivity contribution in [2.45, 2.75) is 22.8 Å². The Hall–Kier alpha value is -2.75. The summed E-state index contributed by atoms with van der Waals surface area (Å²) < 4.78 is 6.21. The number of nitrogens with zero attached hydrogens (tertiary/aromatic N) is 1. The standard InChI is InChI=1S/C27H17Cl3N2O4S2/c28-14-3-1-13(2-4-14)12-36-19-10-7-16(30)11-18(19)20-21-23(37-24-22(20)38-27(35)31-24)26(34)32(25(21)33)17-8-5-15(29)6-9-17/h1-11,20-21,23H,12H2,(H,31,35)/t20-,21-,23+/m0/s1.